The largest absolute Gasteiger partial charge is 0.497 e. The molecular formula is C15H14N4O6. The molecule has 25 heavy (non-hydrogen) atoms. The van der Waals surface area contributed by atoms with Gasteiger partial charge in [0.15, 0.2) is 0 Å². The van der Waals surface area contributed by atoms with Crippen molar-refractivity contribution in [2.75, 3.05) is 19.6 Å². The summed E-state index contributed by atoms with van der Waals surface area (Å²) in [6.07, 6.45) is 1.41. The number of nitro groups is 2. The minimum absolute atomic E-state index is 0.0272. The molecule has 2 aromatic carbocycles. The molecule has 0 aromatic heterocycles. The Hall–Kier alpha value is -3.69. The van der Waals surface area contributed by atoms with E-state index in [2.05, 4.69) is 10.5 Å². The van der Waals surface area contributed by atoms with E-state index in [1.54, 1.807) is 18.2 Å². The molecule has 0 saturated carbocycles. The van der Waals surface area contributed by atoms with Crippen LogP contribution in [0.2, 0.25) is 0 Å². The van der Waals surface area contributed by atoms with Gasteiger partial charge in [0.05, 0.1) is 36.3 Å². The molecule has 1 N–H and O–H groups in total. The van der Waals surface area contributed by atoms with Crippen molar-refractivity contribution in [2.24, 2.45) is 5.10 Å². The lowest BCUT2D eigenvalue weighted by Crippen LogP contribution is -1.99. The Kier molecular flexibility index (Phi) is 5.46. The highest BCUT2D eigenvalue weighted by atomic mass is 16.6. The second kappa shape index (κ2) is 7.73. The van der Waals surface area contributed by atoms with Crippen molar-refractivity contribution in [1.82, 2.24) is 0 Å². The highest BCUT2D eigenvalue weighted by molar-refractivity contribution is 5.84. The molecular weight excluding hydrogens is 332 g/mol. The smallest absolute Gasteiger partial charge is 0.301 e. The molecule has 0 aliphatic rings. The maximum absolute atomic E-state index is 11.1. The highest BCUT2D eigenvalue weighted by Gasteiger charge is 2.19. The topological polar surface area (TPSA) is 129 Å². The fourth-order valence-electron chi connectivity index (χ4n) is 1.98. The highest BCUT2D eigenvalue weighted by Crippen LogP contribution is 2.29. The zero-order chi connectivity index (χ0) is 18.4. The van der Waals surface area contributed by atoms with E-state index in [1.165, 1.54) is 26.5 Å². The Morgan fingerprint density at radius 3 is 2.40 bits per heavy atom. The molecule has 0 fully saturated rings. The van der Waals surface area contributed by atoms with E-state index in [9.17, 15) is 20.2 Å². The molecule has 0 atom stereocenters. The van der Waals surface area contributed by atoms with E-state index in [0.29, 0.717) is 17.1 Å². The van der Waals surface area contributed by atoms with Gasteiger partial charge in [0.1, 0.15) is 17.2 Å². The van der Waals surface area contributed by atoms with Crippen molar-refractivity contribution in [2.45, 2.75) is 0 Å². The van der Waals surface area contributed by atoms with Gasteiger partial charge < -0.3 is 9.47 Å². The van der Waals surface area contributed by atoms with Gasteiger partial charge in [0, 0.05) is 17.7 Å². The summed E-state index contributed by atoms with van der Waals surface area (Å²) in [4.78, 5) is 20.3. The number of rotatable bonds is 7. The van der Waals surface area contributed by atoms with Crippen molar-refractivity contribution in [3.8, 4) is 11.5 Å². The predicted molar refractivity (Wildman–Crippen MR) is 90.5 cm³/mol. The summed E-state index contributed by atoms with van der Waals surface area (Å²) in [5.41, 5.74) is 2.32. The van der Waals surface area contributed by atoms with Crippen LogP contribution < -0.4 is 14.9 Å². The van der Waals surface area contributed by atoms with Gasteiger partial charge in [-0.1, -0.05) is 0 Å². The summed E-state index contributed by atoms with van der Waals surface area (Å²) in [7, 11) is 3.01. The number of ether oxygens (including phenoxy) is 2. The number of nitrogens with one attached hydrogen (secondary N) is 1. The number of hydrogen-bond acceptors (Lipinski definition) is 8. The van der Waals surface area contributed by atoms with Gasteiger partial charge >= 0.3 is 5.69 Å². The minimum atomic E-state index is -0.723. The van der Waals surface area contributed by atoms with E-state index in [0.717, 1.165) is 12.1 Å². The molecule has 2 aromatic rings. The summed E-state index contributed by atoms with van der Waals surface area (Å²) < 4.78 is 10.3. The number of non-ortho nitro benzene ring substituents is 1. The summed E-state index contributed by atoms with van der Waals surface area (Å²) in [5.74, 6) is 1.11. The molecule has 0 bridgehead atoms. The minimum Gasteiger partial charge on any atom is -0.497 e. The Morgan fingerprint density at radius 2 is 1.80 bits per heavy atom. The fraction of sp³-hybridized carbons (Fsp3) is 0.133. The standard InChI is InChI=1S/C15H14N4O6/c1-24-12-5-3-10(15(8-12)25-2)9-16-17-13-6-4-11(18(20)21)7-14(13)19(22)23/h3-9,17H,1-2H3/b16-9+. The first kappa shape index (κ1) is 17.7. The second-order valence-electron chi connectivity index (χ2n) is 4.69. The van der Waals surface area contributed by atoms with E-state index in [4.69, 9.17) is 9.47 Å². The number of hydrazone groups is 1. The van der Waals surface area contributed by atoms with Gasteiger partial charge in [-0.25, -0.2) is 0 Å². The van der Waals surface area contributed by atoms with E-state index in [1.807, 2.05) is 0 Å². The lowest BCUT2D eigenvalue weighted by atomic mass is 10.2. The van der Waals surface area contributed by atoms with Crippen LogP contribution in [-0.2, 0) is 0 Å². The lowest BCUT2D eigenvalue weighted by Gasteiger charge is -2.07. The van der Waals surface area contributed by atoms with Crippen LogP contribution in [0.3, 0.4) is 0 Å². The third kappa shape index (κ3) is 4.19. The van der Waals surface area contributed by atoms with Crippen molar-refractivity contribution in [3.63, 3.8) is 0 Å². The van der Waals surface area contributed by atoms with Crippen LogP contribution in [0.4, 0.5) is 17.1 Å². The second-order valence-corrected chi connectivity index (χ2v) is 4.69. The zero-order valence-electron chi connectivity index (χ0n) is 13.3. The third-order valence-electron chi connectivity index (χ3n) is 3.22. The lowest BCUT2D eigenvalue weighted by molar-refractivity contribution is -0.393. The maximum Gasteiger partial charge on any atom is 0.301 e. The van der Waals surface area contributed by atoms with Gasteiger partial charge in [0.2, 0.25) is 0 Å². The van der Waals surface area contributed by atoms with Crippen molar-refractivity contribution < 1.29 is 19.3 Å². The first-order chi connectivity index (χ1) is 12.0. The number of anilines is 1. The Balaban J connectivity index is 2.25. The zero-order valence-corrected chi connectivity index (χ0v) is 13.3. The first-order valence-corrected chi connectivity index (χ1v) is 6.90. The predicted octanol–water partition coefficient (Wildman–Crippen LogP) is 2.97. The molecule has 0 saturated heterocycles. The van der Waals surface area contributed by atoms with E-state index < -0.39 is 15.5 Å². The quantitative estimate of drug-likeness (QED) is 0.463. The Morgan fingerprint density at radius 1 is 1.04 bits per heavy atom. The van der Waals surface area contributed by atoms with Crippen LogP contribution in [-0.4, -0.2) is 30.3 Å². The van der Waals surface area contributed by atoms with Crippen molar-refractivity contribution >= 4 is 23.3 Å². The van der Waals surface area contributed by atoms with Gasteiger partial charge in [0.25, 0.3) is 5.69 Å². The SMILES string of the molecule is COc1ccc(/C=N/Nc2ccc([N+](=O)[O-])cc2[N+](=O)[O-])c(OC)c1. The molecule has 0 spiro atoms. The van der Waals surface area contributed by atoms with Crippen LogP contribution in [0, 0.1) is 20.2 Å². The molecule has 130 valence electrons. The Labute approximate surface area is 142 Å². The number of benzene rings is 2. The molecule has 10 nitrogen and oxygen atoms in total. The molecule has 2 rings (SSSR count). The van der Waals surface area contributed by atoms with Crippen LogP contribution in [0.15, 0.2) is 41.5 Å². The fourth-order valence-corrected chi connectivity index (χ4v) is 1.98. The van der Waals surface area contributed by atoms with Crippen LogP contribution in [0.25, 0.3) is 0 Å². The van der Waals surface area contributed by atoms with Crippen molar-refractivity contribution in [3.05, 3.63) is 62.2 Å². The van der Waals surface area contributed by atoms with Gasteiger partial charge in [-0.05, 0) is 18.2 Å². The number of nitrogens with zero attached hydrogens (tertiary/aromatic N) is 3. The van der Waals surface area contributed by atoms with E-state index >= 15 is 0 Å². The average Bonchev–Trinajstić information content (AvgIpc) is 2.61. The number of nitro benzene ring substituents is 2. The van der Waals surface area contributed by atoms with Gasteiger partial charge in [-0.15, -0.1) is 0 Å². The summed E-state index contributed by atoms with van der Waals surface area (Å²) >= 11 is 0. The molecule has 0 amide bonds. The summed E-state index contributed by atoms with van der Waals surface area (Å²) in [6, 6.07) is 8.31. The molecule has 10 heteroatoms. The molecule has 0 aliphatic heterocycles. The molecule has 0 unspecified atom stereocenters. The number of methoxy groups -OCH3 is 2. The molecule has 0 radical (unpaired) electrons. The molecule has 0 heterocycles. The van der Waals surface area contributed by atoms with Crippen LogP contribution >= 0.6 is 0 Å². The maximum atomic E-state index is 11.1. The number of hydrogen-bond donors (Lipinski definition) is 1. The average molecular weight is 346 g/mol. The van der Waals surface area contributed by atoms with Gasteiger partial charge in [-0.2, -0.15) is 5.10 Å². The van der Waals surface area contributed by atoms with Crippen molar-refractivity contribution in [1.29, 1.82) is 0 Å². The normalized spacial score (nSPS) is 10.5. The van der Waals surface area contributed by atoms with E-state index in [-0.39, 0.29) is 11.4 Å². The third-order valence-corrected chi connectivity index (χ3v) is 3.22. The van der Waals surface area contributed by atoms with Crippen LogP contribution in [0.1, 0.15) is 5.56 Å². The van der Waals surface area contributed by atoms with Gasteiger partial charge in [-0.3, -0.25) is 25.7 Å². The Bertz CT molecular complexity index is 837. The van der Waals surface area contributed by atoms with Crippen LogP contribution in [0.5, 0.6) is 11.5 Å². The molecule has 0 aliphatic carbocycles. The monoisotopic (exact) mass is 346 g/mol. The first-order valence-electron chi connectivity index (χ1n) is 6.90. The summed E-state index contributed by atoms with van der Waals surface area (Å²) in [6.45, 7) is 0. The summed E-state index contributed by atoms with van der Waals surface area (Å²) in [5, 5.41) is 25.7.